The lowest BCUT2D eigenvalue weighted by Crippen LogP contribution is -2.45. The molecule has 6 nitrogen and oxygen atoms in total. The van der Waals surface area contributed by atoms with Crippen molar-refractivity contribution < 1.29 is 4.74 Å². The average Bonchev–Trinajstić information content (AvgIpc) is 2.81. The highest BCUT2D eigenvalue weighted by Crippen LogP contribution is 2.13. The Morgan fingerprint density at radius 1 is 1.60 bits per heavy atom. The number of aromatic nitrogens is 2. The van der Waals surface area contributed by atoms with Crippen LogP contribution in [-0.2, 0) is 11.3 Å². The molecule has 1 aliphatic heterocycles. The minimum atomic E-state index is -0.00705. The zero-order valence-electron chi connectivity index (χ0n) is 11.4. The zero-order chi connectivity index (χ0) is 14.1. The summed E-state index contributed by atoms with van der Waals surface area (Å²) in [6.07, 6.45) is 0.0811. The van der Waals surface area contributed by atoms with E-state index in [0.29, 0.717) is 19.7 Å². The van der Waals surface area contributed by atoms with Crippen molar-refractivity contribution in [2.24, 2.45) is 5.73 Å². The predicted octanol–water partition coefficient (Wildman–Crippen LogP) is 0.224. The van der Waals surface area contributed by atoms with E-state index in [1.54, 1.807) is 10.5 Å². The van der Waals surface area contributed by atoms with Gasteiger partial charge in [0.2, 0.25) is 0 Å². The summed E-state index contributed by atoms with van der Waals surface area (Å²) in [6, 6.07) is 1.62. The minimum absolute atomic E-state index is 0.00705. The highest BCUT2D eigenvalue weighted by molar-refractivity contribution is 7.15. The lowest BCUT2D eigenvalue weighted by molar-refractivity contribution is -0.0264. The second kappa shape index (κ2) is 5.61. The van der Waals surface area contributed by atoms with Crippen LogP contribution in [0.5, 0.6) is 0 Å². The van der Waals surface area contributed by atoms with E-state index < -0.39 is 0 Å². The van der Waals surface area contributed by atoms with E-state index in [4.69, 9.17) is 10.5 Å². The number of fused-ring (bicyclic) bond motifs is 1. The fraction of sp³-hybridized carbons (Fsp3) is 0.538. The number of morpholine rings is 1. The summed E-state index contributed by atoms with van der Waals surface area (Å²) in [6.45, 7) is 5.43. The second-order valence-electron chi connectivity index (χ2n) is 5.04. The number of ether oxygens (including phenoxy) is 1. The van der Waals surface area contributed by atoms with Crippen molar-refractivity contribution >= 4 is 16.3 Å². The van der Waals surface area contributed by atoms with Crippen LogP contribution in [0.1, 0.15) is 11.4 Å². The third-order valence-electron chi connectivity index (χ3n) is 3.50. The standard InChI is InChI=1S/C13H18N4O2S/c1-9-8-20-13-15-10(4-12(18)17(9)13)6-16-2-3-19-11(5-14)7-16/h4,8,11H,2-3,5-7,14H2,1H3. The van der Waals surface area contributed by atoms with Crippen molar-refractivity contribution in [3.8, 4) is 0 Å². The van der Waals surface area contributed by atoms with Crippen LogP contribution in [0, 0.1) is 6.92 Å². The number of thiazole rings is 1. The van der Waals surface area contributed by atoms with Crippen molar-refractivity contribution in [3.05, 3.63) is 33.2 Å². The van der Waals surface area contributed by atoms with Gasteiger partial charge in [-0.25, -0.2) is 4.98 Å². The Morgan fingerprint density at radius 2 is 2.45 bits per heavy atom. The summed E-state index contributed by atoms with van der Waals surface area (Å²) >= 11 is 1.50. The molecule has 1 fully saturated rings. The van der Waals surface area contributed by atoms with Gasteiger partial charge in [-0.3, -0.25) is 14.1 Å². The predicted molar refractivity (Wildman–Crippen MR) is 78.1 cm³/mol. The van der Waals surface area contributed by atoms with Crippen molar-refractivity contribution in [3.63, 3.8) is 0 Å². The van der Waals surface area contributed by atoms with Crippen LogP contribution >= 0.6 is 11.3 Å². The number of hydrogen-bond donors (Lipinski definition) is 1. The number of nitrogens with zero attached hydrogens (tertiary/aromatic N) is 3. The third kappa shape index (κ3) is 2.62. The molecule has 1 atom stereocenters. The van der Waals surface area contributed by atoms with Crippen LogP contribution in [0.25, 0.3) is 4.96 Å². The van der Waals surface area contributed by atoms with Gasteiger partial charge in [-0.2, -0.15) is 0 Å². The van der Waals surface area contributed by atoms with Crippen LogP contribution in [0.2, 0.25) is 0 Å². The Hall–Kier alpha value is -1.28. The van der Waals surface area contributed by atoms with Crippen molar-refractivity contribution in [2.75, 3.05) is 26.2 Å². The van der Waals surface area contributed by atoms with Crippen LogP contribution in [0.4, 0.5) is 0 Å². The fourth-order valence-electron chi connectivity index (χ4n) is 2.48. The minimum Gasteiger partial charge on any atom is -0.374 e. The molecule has 0 saturated carbocycles. The molecule has 2 aromatic heterocycles. The summed E-state index contributed by atoms with van der Waals surface area (Å²) in [5, 5.41) is 1.95. The molecule has 108 valence electrons. The third-order valence-corrected chi connectivity index (χ3v) is 4.44. The number of nitrogens with two attached hydrogens (primary N) is 1. The summed E-state index contributed by atoms with van der Waals surface area (Å²) in [4.78, 5) is 19.7. The van der Waals surface area contributed by atoms with Crippen molar-refractivity contribution in [1.29, 1.82) is 0 Å². The first kappa shape index (κ1) is 13.7. The van der Waals surface area contributed by atoms with Gasteiger partial charge < -0.3 is 10.5 Å². The van der Waals surface area contributed by atoms with Gasteiger partial charge in [-0.15, -0.1) is 11.3 Å². The van der Waals surface area contributed by atoms with Crippen LogP contribution in [0.15, 0.2) is 16.2 Å². The van der Waals surface area contributed by atoms with Crippen LogP contribution in [-0.4, -0.2) is 46.6 Å². The lowest BCUT2D eigenvalue weighted by Gasteiger charge is -2.31. The van der Waals surface area contributed by atoms with Gasteiger partial charge in [-0.05, 0) is 6.92 Å². The lowest BCUT2D eigenvalue weighted by atomic mass is 10.2. The number of aryl methyl sites for hydroxylation is 1. The first-order chi connectivity index (χ1) is 9.67. The molecule has 20 heavy (non-hydrogen) atoms. The molecule has 3 heterocycles. The van der Waals surface area contributed by atoms with E-state index in [1.807, 2.05) is 12.3 Å². The largest absolute Gasteiger partial charge is 0.374 e. The maximum absolute atomic E-state index is 12.1. The highest BCUT2D eigenvalue weighted by atomic mass is 32.1. The summed E-state index contributed by atoms with van der Waals surface area (Å²) in [5.74, 6) is 0. The molecule has 0 amide bonds. The molecule has 0 spiro atoms. The molecule has 1 unspecified atom stereocenters. The molecular weight excluding hydrogens is 276 g/mol. The van der Waals surface area contributed by atoms with Gasteiger partial charge in [0.25, 0.3) is 5.56 Å². The normalized spacial score (nSPS) is 20.6. The first-order valence-electron chi connectivity index (χ1n) is 6.68. The quantitative estimate of drug-likeness (QED) is 0.877. The summed E-state index contributed by atoms with van der Waals surface area (Å²) in [5.41, 5.74) is 7.38. The molecule has 7 heteroatoms. The SMILES string of the molecule is Cc1csc2nc(CN3CCOC(CN)C3)cc(=O)n12. The molecule has 0 aliphatic carbocycles. The number of hydrogen-bond acceptors (Lipinski definition) is 6. The van der Waals surface area contributed by atoms with E-state index in [1.165, 1.54) is 11.3 Å². The Labute approximate surface area is 120 Å². The van der Waals surface area contributed by atoms with Gasteiger partial charge in [0.1, 0.15) is 0 Å². The van der Waals surface area contributed by atoms with Crippen LogP contribution < -0.4 is 11.3 Å². The molecule has 1 aliphatic rings. The number of rotatable bonds is 3. The molecule has 1 saturated heterocycles. The van der Waals surface area contributed by atoms with Crippen LogP contribution in [0.3, 0.4) is 0 Å². The molecular formula is C13H18N4O2S. The van der Waals surface area contributed by atoms with E-state index in [2.05, 4.69) is 9.88 Å². The average molecular weight is 294 g/mol. The smallest absolute Gasteiger partial charge is 0.259 e. The van der Waals surface area contributed by atoms with Gasteiger partial charge >= 0.3 is 0 Å². The van der Waals surface area contributed by atoms with Gasteiger partial charge in [0.05, 0.1) is 18.4 Å². The topological polar surface area (TPSA) is 72.9 Å². The van der Waals surface area contributed by atoms with Gasteiger partial charge in [-0.1, -0.05) is 0 Å². The second-order valence-corrected chi connectivity index (χ2v) is 5.88. The van der Waals surface area contributed by atoms with E-state index in [9.17, 15) is 4.79 Å². The van der Waals surface area contributed by atoms with Gasteiger partial charge in [0.15, 0.2) is 4.96 Å². The Morgan fingerprint density at radius 3 is 3.25 bits per heavy atom. The van der Waals surface area contributed by atoms with E-state index in [0.717, 1.165) is 29.4 Å². The molecule has 2 N–H and O–H groups in total. The molecule has 0 aromatic carbocycles. The highest BCUT2D eigenvalue weighted by Gasteiger charge is 2.20. The van der Waals surface area contributed by atoms with E-state index in [-0.39, 0.29) is 11.7 Å². The molecule has 0 radical (unpaired) electrons. The van der Waals surface area contributed by atoms with E-state index >= 15 is 0 Å². The maximum Gasteiger partial charge on any atom is 0.259 e. The Balaban J connectivity index is 1.82. The van der Waals surface area contributed by atoms with Gasteiger partial charge in [0, 0.05) is 43.3 Å². The fourth-order valence-corrected chi connectivity index (χ4v) is 3.37. The Bertz CT molecular complexity index is 666. The molecule has 0 bridgehead atoms. The molecule has 3 rings (SSSR count). The summed E-state index contributed by atoms with van der Waals surface area (Å²) in [7, 11) is 0. The zero-order valence-corrected chi connectivity index (χ0v) is 12.2. The van der Waals surface area contributed by atoms with Crippen molar-refractivity contribution in [1.82, 2.24) is 14.3 Å². The maximum atomic E-state index is 12.1. The van der Waals surface area contributed by atoms with Crippen molar-refractivity contribution in [2.45, 2.75) is 19.6 Å². The Kier molecular flexibility index (Phi) is 3.84. The molecule has 2 aromatic rings. The first-order valence-corrected chi connectivity index (χ1v) is 7.56. The monoisotopic (exact) mass is 294 g/mol. The summed E-state index contributed by atoms with van der Waals surface area (Å²) < 4.78 is 7.19.